The monoisotopic (exact) mass is 608 g/mol. The van der Waals surface area contributed by atoms with Crippen molar-refractivity contribution >= 4 is 54.2 Å². The van der Waals surface area contributed by atoms with E-state index in [1.54, 1.807) is 0 Å². The first-order valence-corrected chi connectivity index (χ1v) is 13.5. The van der Waals surface area contributed by atoms with Gasteiger partial charge in [0.25, 0.3) is 5.91 Å². The second kappa shape index (κ2) is 9.90. The molecule has 0 aliphatic rings. The van der Waals surface area contributed by atoms with Gasteiger partial charge in [0.2, 0.25) is 0 Å². The standard InChI is InChI=1S/C14H14F4NO13S4/c1-12(2,3)31-11(21)8-4-7(10(20)19(22)33-13(15,16)34(23,24)25)5-9(6-8)32-36(29,30)14(17,18)35(26,27)28/h4-6H,1-3H3,(H,23,24,25)(H,26,27,28)/q-1. The number of carbonyl (C=O) groups excluding carboxylic acids is 2. The summed E-state index contributed by atoms with van der Waals surface area (Å²) < 4.78 is 133. The first-order valence-electron chi connectivity index (χ1n) is 8.45. The highest BCUT2D eigenvalue weighted by Gasteiger charge is 2.60. The molecular formula is C14H14F4NO13S4-. The zero-order chi connectivity index (χ0) is 28.7. The summed E-state index contributed by atoms with van der Waals surface area (Å²) in [6, 6.07) is 0.788. The SMILES string of the molecule is CC(C)(C)OC(=O)c1cc(OS(=O)(=O)C(F)(F)S(=O)(=O)O)cc(C(=O)N([O-])SC(F)(F)S(=O)(=O)O)c1. The van der Waals surface area contributed by atoms with Crippen LogP contribution in [0.15, 0.2) is 18.2 Å². The Morgan fingerprint density at radius 2 is 1.39 bits per heavy atom. The zero-order valence-corrected chi connectivity index (χ0v) is 21.0. The Labute approximate surface area is 204 Å². The molecule has 0 unspecified atom stereocenters. The zero-order valence-electron chi connectivity index (χ0n) is 17.7. The number of hydroxylamine groups is 1. The summed E-state index contributed by atoms with van der Waals surface area (Å²) in [5, 5.41) is 11.8. The molecule has 22 heteroatoms. The van der Waals surface area contributed by atoms with Crippen LogP contribution in [0, 0.1) is 5.21 Å². The molecule has 1 aromatic carbocycles. The van der Waals surface area contributed by atoms with Gasteiger partial charge in [0, 0.05) is 17.5 Å². The Hall–Kier alpha value is -2.24. The number of rotatable bonds is 9. The molecule has 0 bridgehead atoms. The predicted octanol–water partition coefficient (Wildman–Crippen LogP) is 1.81. The third kappa shape index (κ3) is 7.39. The van der Waals surface area contributed by atoms with E-state index in [1.165, 1.54) is 20.8 Å². The van der Waals surface area contributed by atoms with Crippen LogP contribution in [0.2, 0.25) is 0 Å². The highest BCUT2D eigenvalue weighted by atomic mass is 32.3. The number of halogens is 4. The van der Waals surface area contributed by atoms with E-state index in [-0.39, 0.29) is 6.07 Å². The van der Waals surface area contributed by atoms with Gasteiger partial charge in [0.05, 0.1) is 5.56 Å². The van der Waals surface area contributed by atoms with Crippen LogP contribution in [0.1, 0.15) is 41.5 Å². The summed E-state index contributed by atoms with van der Waals surface area (Å²) >= 11 is -1.59. The maximum atomic E-state index is 13.6. The number of hydrogen-bond donors (Lipinski definition) is 2. The van der Waals surface area contributed by atoms with Crippen LogP contribution in [-0.4, -0.2) is 65.5 Å². The minimum absolute atomic E-state index is 0.0882. The quantitative estimate of drug-likeness (QED) is 0.102. The van der Waals surface area contributed by atoms with Gasteiger partial charge in [-0.05, 0) is 39.0 Å². The van der Waals surface area contributed by atoms with Crippen LogP contribution in [0.3, 0.4) is 0 Å². The molecule has 0 fully saturated rings. The lowest BCUT2D eigenvalue weighted by Gasteiger charge is -2.29. The molecule has 206 valence electrons. The van der Waals surface area contributed by atoms with Crippen LogP contribution in [0.5, 0.6) is 5.75 Å². The molecule has 1 rings (SSSR count). The third-order valence-electron chi connectivity index (χ3n) is 3.24. The molecule has 0 radical (unpaired) electrons. The lowest BCUT2D eigenvalue weighted by Crippen LogP contribution is -2.40. The lowest BCUT2D eigenvalue weighted by molar-refractivity contribution is 0.00690. The van der Waals surface area contributed by atoms with Gasteiger partial charge < -0.3 is 18.6 Å². The van der Waals surface area contributed by atoms with Crippen LogP contribution >= 0.6 is 11.9 Å². The number of esters is 1. The summed E-state index contributed by atoms with van der Waals surface area (Å²) in [5.41, 5.74) is -3.44. The molecule has 0 aliphatic carbocycles. The molecule has 0 saturated carbocycles. The van der Waals surface area contributed by atoms with E-state index < -0.39 is 90.3 Å². The first-order chi connectivity index (χ1) is 15.7. The van der Waals surface area contributed by atoms with Crippen molar-refractivity contribution in [3.05, 3.63) is 34.5 Å². The van der Waals surface area contributed by atoms with Gasteiger partial charge in [-0.3, -0.25) is 13.9 Å². The molecule has 0 spiro atoms. The number of hydrogen-bond acceptors (Lipinski definition) is 12. The minimum Gasteiger partial charge on any atom is -0.745 e. The fourth-order valence-corrected chi connectivity index (χ4v) is 4.36. The molecule has 0 aliphatic heterocycles. The summed E-state index contributed by atoms with van der Waals surface area (Å²) in [4.78, 5) is 24.5. The molecular weight excluding hydrogens is 594 g/mol. The number of benzene rings is 1. The first kappa shape index (κ1) is 31.8. The van der Waals surface area contributed by atoms with Crippen molar-refractivity contribution in [1.29, 1.82) is 0 Å². The number of alkyl halides is 4. The summed E-state index contributed by atoms with van der Waals surface area (Å²) in [5.74, 6) is -5.04. The predicted molar refractivity (Wildman–Crippen MR) is 111 cm³/mol. The fraction of sp³-hybridized carbons (Fsp3) is 0.429. The van der Waals surface area contributed by atoms with Gasteiger partial charge in [-0.1, -0.05) is 0 Å². The number of ether oxygens (including phenoxy) is 1. The Balaban J connectivity index is 3.63. The Morgan fingerprint density at radius 3 is 1.81 bits per heavy atom. The summed E-state index contributed by atoms with van der Waals surface area (Å²) in [7, 11) is -19.5. The molecule has 0 aromatic heterocycles. The summed E-state index contributed by atoms with van der Waals surface area (Å²) in [6.07, 6.45) is 0. The van der Waals surface area contributed by atoms with Crippen LogP contribution < -0.4 is 4.18 Å². The maximum absolute atomic E-state index is 13.6. The largest absolute Gasteiger partial charge is 0.745 e. The van der Waals surface area contributed by atoms with Crippen molar-refractivity contribution in [3.63, 3.8) is 0 Å². The van der Waals surface area contributed by atoms with Crippen molar-refractivity contribution in [2.75, 3.05) is 0 Å². The van der Waals surface area contributed by atoms with Gasteiger partial charge in [-0.25, -0.2) is 4.79 Å². The van der Waals surface area contributed by atoms with Gasteiger partial charge >= 0.3 is 45.5 Å². The highest BCUT2D eigenvalue weighted by Crippen LogP contribution is 2.37. The minimum atomic E-state index is -6.64. The van der Waals surface area contributed by atoms with E-state index in [0.29, 0.717) is 12.1 Å². The second-order valence-electron chi connectivity index (χ2n) is 7.32. The van der Waals surface area contributed by atoms with Crippen LogP contribution in [0.25, 0.3) is 0 Å². The average Bonchev–Trinajstić information content (AvgIpc) is 2.63. The smallest absolute Gasteiger partial charge is 0.506 e. The van der Waals surface area contributed by atoms with E-state index in [1.807, 2.05) is 0 Å². The van der Waals surface area contributed by atoms with Gasteiger partial charge in [-0.15, -0.1) is 0 Å². The Kier molecular flexibility index (Phi) is 8.75. The summed E-state index contributed by atoms with van der Waals surface area (Å²) in [6.45, 7) is 3.96. The number of carbonyl (C=O) groups is 2. The van der Waals surface area contributed by atoms with Gasteiger partial charge in [0.1, 0.15) is 11.4 Å². The molecule has 0 heterocycles. The average molecular weight is 609 g/mol. The van der Waals surface area contributed by atoms with E-state index in [2.05, 4.69) is 4.18 Å². The van der Waals surface area contributed by atoms with E-state index >= 15 is 0 Å². The Morgan fingerprint density at radius 1 is 0.917 bits per heavy atom. The lowest BCUT2D eigenvalue weighted by atomic mass is 10.1. The number of amides is 1. The van der Waals surface area contributed by atoms with E-state index in [4.69, 9.17) is 13.8 Å². The van der Waals surface area contributed by atoms with Crippen molar-refractivity contribution in [2.24, 2.45) is 0 Å². The van der Waals surface area contributed by atoms with Crippen molar-refractivity contribution < 1.29 is 70.4 Å². The molecule has 0 atom stereocenters. The number of nitrogens with zero attached hydrogens (tertiary/aromatic N) is 1. The van der Waals surface area contributed by atoms with Gasteiger partial charge in [0.15, 0.2) is 0 Å². The fourth-order valence-electron chi connectivity index (χ4n) is 1.82. The second-order valence-corrected chi connectivity index (χ2v) is 13.4. The molecule has 1 amide bonds. The van der Waals surface area contributed by atoms with Crippen molar-refractivity contribution in [3.8, 4) is 5.75 Å². The molecule has 1 aromatic rings. The van der Waals surface area contributed by atoms with Crippen molar-refractivity contribution in [1.82, 2.24) is 4.47 Å². The van der Waals surface area contributed by atoms with E-state index in [0.717, 1.165) is 0 Å². The van der Waals surface area contributed by atoms with Gasteiger partial charge in [-0.2, -0.15) is 42.8 Å². The van der Waals surface area contributed by atoms with E-state index in [9.17, 15) is 57.6 Å². The normalized spacial score (nSPS) is 13.7. The topological polar surface area (TPSA) is 222 Å². The maximum Gasteiger partial charge on any atom is 0.506 e. The molecule has 36 heavy (non-hydrogen) atoms. The van der Waals surface area contributed by atoms with Crippen LogP contribution in [0.4, 0.5) is 17.6 Å². The molecule has 0 saturated heterocycles. The Bertz CT molecular complexity index is 1370. The van der Waals surface area contributed by atoms with Crippen LogP contribution in [-0.2, 0) is 35.1 Å². The van der Waals surface area contributed by atoms with Crippen molar-refractivity contribution in [2.45, 2.75) is 35.5 Å². The molecule has 14 nitrogen and oxygen atoms in total. The highest BCUT2D eigenvalue weighted by molar-refractivity contribution is 8.11. The molecule has 2 N–H and O–H groups in total. The third-order valence-corrected chi connectivity index (χ3v) is 8.08.